The van der Waals surface area contributed by atoms with Gasteiger partial charge >= 0.3 is 0 Å². The third-order valence-electron chi connectivity index (χ3n) is 5.90. The number of anilines is 3. The second kappa shape index (κ2) is 8.55. The van der Waals surface area contributed by atoms with Gasteiger partial charge in [0, 0.05) is 31.4 Å². The molecule has 31 heavy (non-hydrogen) atoms. The minimum Gasteiger partial charge on any atom is -0.369 e. The van der Waals surface area contributed by atoms with Crippen molar-refractivity contribution >= 4 is 29.1 Å². The van der Waals surface area contributed by atoms with Gasteiger partial charge in [0.2, 0.25) is 5.95 Å². The number of aromatic nitrogens is 4. The molecule has 2 aliphatic rings. The van der Waals surface area contributed by atoms with Crippen LogP contribution in [0.25, 0.3) is 5.69 Å². The first-order chi connectivity index (χ1) is 15.2. The van der Waals surface area contributed by atoms with Crippen LogP contribution < -0.4 is 21.1 Å². The second-order valence-corrected chi connectivity index (χ2v) is 8.44. The maximum Gasteiger partial charge on any atom is 0.273 e. The minimum atomic E-state index is -0.253. The third-order valence-corrected chi connectivity index (χ3v) is 6.19. The van der Waals surface area contributed by atoms with Crippen LogP contribution in [0.1, 0.15) is 25.7 Å². The molecule has 0 amide bonds. The van der Waals surface area contributed by atoms with E-state index < -0.39 is 0 Å². The summed E-state index contributed by atoms with van der Waals surface area (Å²) < 4.78 is 1.49. The van der Waals surface area contributed by atoms with Crippen LogP contribution in [0.5, 0.6) is 0 Å². The van der Waals surface area contributed by atoms with Gasteiger partial charge in [-0.1, -0.05) is 11.6 Å². The van der Waals surface area contributed by atoms with Crippen LogP contribution in [0.3, 0.4) is 0 Å². The maximum atomic E-state index is 12.2. The molecule has 9 heteroatoms. The monoisotopic (exact) mass is 437 g/mol. The highest BCUT2D eigenvalue weighted by molar-refractivity contribution is 6.30. The van der Waals surface area contributed by atoms with E-state index in [1.54, 1.807) is 24.5 Å². The Morgan fingerprint density at radius 2 is 1.68 bits per heavy atom. The highest BCUT2D eigenvalue weighted by Gasteiger charge is 2.25. The lowest BCUT2D eigenvalue weighted by molar-refractivity contribution is 0.615. The first-order valence-corrected chi connectivity index (χ1v) is 11.0. The lowest BCUT2D eigenvalue weighted by Gasteiger charge is -2.32. The number of hydrogen-bond donors (Lipinski definition) is 2. The van der Waals surface area contributed by atoms with E-state index in [0.29, 0.717) is 23.7 Å². The maximum absolute atomic E-state index is 12.2. The van der Waals surface area contributed by atoms with E-state index in [4.69, 9.17) is 11.6 Å². The molecule has 5 rings (SSSR count). The average molecular weight is 438 g/mol. The third kappa shape index (κ3) is 4.34. The molecule has 0 radical (unpaired) electrons. The molecule has 3 aromatic heterocycles. The van der Waals surface area contributed by atoms with Crippen LogP contribution in [0, 0.1) is 0 Å². The zero-order valence-corrected chi connectivity index (χ0v) is 17.8. The van der Waals surface area contributed by atoms with Gasteiger partial charge in [-0.2, -0.15) is 0 Å². The Morgan fingerprint density at radius 3 is 2.35 bits per heavy atom. The summed E-state index contributed by atoms with van der Waals surface area (Å²) in [5.74, 6) is 1.48. The van der Waals surface area contributed by atoms with Gasteiger partial charge in [-0.15, -0.1) is 0 Å². The highest BCUT2D eigenvalue weighted by atomic mass is 35.5. The van der Waals surface area contributed by atoms with Crippen LogP contribution in [0.2, 0.25) is 5.02 Å². The molecule has 3 aromatic rings. The first kappa shape index (κ1) is 19.8. The number of nitrogens with one attached hydrogen (secondary N) is 2. The Labute approximate surface area is 185 Å². The minimum absolute atomic E-state index is 0.188. The van der Waals surface area contributed by atoms with Crippen LogP contribution >= 0.6 is 11.6 Å². The molecule has 1 saturated carbocycles. The van der Waals surface area contributed by atoms with Gasteiger partial charge in [0.05, 0.1) is 30.0 Å². The molecule has 160 valence electrons. The molecule has 0 spiro atoms. The molecule has 1 saturated heterocycles. The van der Waals surface area contributed by atoms with Crippen molar-refractivity contribution in [1.82, 2.24) is 19.5 Å². The molecule has 0 unspecified atom stereocenters. The van der Waals surface area contributed by atoms with Crippen molar-refractivity contribution in [2.45, 2.75) is 37.8 Å². The number of hydrogen-bond acceptors (Lipinski definition) is 7. The average Bonchev–Trinajstić information content (AvgIpc) is 3.18. The molecule has 8 nitrogen and oxygen atoms in total. The van der Waals surface area contributed by atoms with Crippen molar-refractivity contribution in [3.05, 3.63) is 64.4 Å². The summed E-state index contributed by atoms with van der Waals surface area (Å²) in [5.41, 5.74) is 1.52. The number of rotatable bonds is 6. The molecule has 2 N–H and O–H groups in total. The Kier molecular flexibility index (Phi) is 5.46. The van der Waals surface area contributed by atoms with Gasteiger partial charge in [-0.3, -0.25) is 9.36 Å². The van der Waals surface area contributed by atoms with Crippen molar-refractivity contribution in [3.8, 4) is 5.69 Å². The molecular weight excluding hydrogens is 414 g/mol. The van der Waals surface area contributed by atoms with E-state index >= 15 is 0 Å². The Morgan fingerprint density at radius 1 is 0.935 bits per heavy atom. The quantitative estimate of drug-likeness (QED) is 0.611. The van der Waals surface area contributed by atoms with Crippen molar-refractivity contribution < 1.29 is 0 Å². The highest BCUT2D eigenvalue weighted by Crippen LogP contribution is 2.25. The zero-order chi connectivity index (χ0) is 21.2. The SMILES string of the molecule is O=c1c(Cl)cccn1-c1ccc(N[C@H]2CC[C@H](Nc3ncc(N4CCC4)cn3)C2)nc1. The zero-order valence-electron chi connectivity index (χ0n) is 17.0. The van der Waals surface area contributed by atoms with E-state index in [1.807, 2.05) is 24.5 Å². The molecular formula is C22H24ClN7O. The van der Waals surface area contributed by atoms with Gasteiger partial charge in [-0.05, 0) is 49.9 Å². The molecule has 1 aliphatic carbocycles. The van der Waals surface area contributed by atoms with Gasteiger partial charge < -0.3 is 15.5 Å². The van der Waals surface area contributed by atoms with Gasteiger partial charge in [0.1, 0.15) is 10.8 Å². The smallest absolute Gasteiger partial charge is 0.273 e. The topological polar surface area (TPSA) is 88.0 Å². The summed E-state index contributed by atoms with van der Waals surface area (Å²) in [6, 6.07) is 7.73. The summed E-state index contributed by atoms with van der Waals surface area (Å²) in [6.45, 7) is 2.19. The van der Waals surface area contributed by atoms with E-state index in [0.717, 1.165) is 43.9 Å². The van der Waals surface area contributed by atoms with Crippen molar-refractivity contribution in [2.75, 3.05) is 28.6 Å². The molecule has 2 atom stereocenters. The molecule has 2 fully saturated rings. The molecule has 0 aromatic carbocycles. The summed E-state index contributed by atoms with van der Waals surface area (Å²) in [7, 11) is 0. The van der Waals surface area contributed by atoms with Crippen molar-refractivity contribution in [1.29, 1.82) is 0 Å². The van der Waals surface area contributed by atoms with Gasteiger partial charge in [0.25, 0.3) is 5.56 Å². The summed E-state index contributed by atoms with van der Waals surface area (Å²) in [5, 5.41) is 7.13. The molecule has 4 heterocycles. The lowest BCUT2D eigenvalue weighted by Crippen LogP contribution is -2.37. The summed E-state index contributed by atoms with van der Waals surface area (Å²) in [6.07, 6.45) is 11.5. The normalized spacial score (nSPS) is 20.4. The fourth-order valence-electron chi connectivity index (χ4n) is 4.05. The predicted molar refractivity (Wildman–Crippen MR) is 122 cm³/mol. The second-order valence-electron chi connectivity index (χ2n) is 8.03. The van der Waals surface area contributed by atoms with Crippen LogP contribution in [0.15, 0.2) is 53.8 Å². The largest absolute Gasteiger partial charge is 0.369 e. The molecule has 1 aliphatic heterocycles. The van der Waals surface area contributed by atoms with E-state index in [-0.39, 0.29) is 10.6 Å². The van der Waals surface area contributed by atoms with E-state index in [1.165, 1.54) is 11.0 Å². The Bertz CT molecular complexity index is 1100. The van der Waals surface area contributed by atoms with Crippen molar-refractivity contribution in [2.24, 2.45) is 0 Å². The van der Waals surface area contributed by atoms with Crippen LogP contribution in [-0.2, 0) is 0 Å². The standard InChI is InChI=1S/C22H24ClN7O/c23-19-3-1-10-30(21(19)31)17-6-7-20(24-12-17)27-15-4-5-16(11-15)28-22-25-13-18(14-26-22)29-8-2-9-29/h1,3,6-7,10,12-16H,2,4-5,8-9,11H2,(H,24,27)(H,25,26,28)/t15-,16-/m0/s1. The summed E-state index contributed by atoms with van der Waals surface area (Å²) in [4.78, 5) is 27.9. The van der Waals surface area contributed by atoms with E-state index in [9.17, 15) is 4.79 Å². The Balaban J connectivity index is 1.16. The number of pyridine rings is 2. The fourth-order valence-corrected chi connectivity index (χ4v) is 4.22. The first-order valence-electron chi connectivity index (χ1n) is 10.6. The fraction of sp³-hybridized carbons (Fsp3) is 0.364. The predicted octanol–water partition coefficient (Wildman–Crippen LogP) is 3.33. The molecule has 0 bridgehead atoms. The van der Waals surface area contributed by atoms with E-state index in [2.05, 4.69) is 30.5 Å². The summed E-state index contributed by atoms with van der Waals surface area (Å²) >= 11 is 5.93. The van der Waals surface area contributed by atoms with Crippen molar-refractivity contribution in [3.63, 3.8) is 0 Å². The van der Waals surface area contributed by atoms with Crippen LogP contribution in [-0.4, -0.2) is 44.7 Å². The lowest BCUT2D eigenvalue weighted by atomic mass is 10.2. The van der Waals surface area contributed by atoms with Crippen LogP contribution in [0.4, 0.5) is 17.5 Å². The number of nitrogens with zero attached hydrogens (tertiary/aromatic N) is 5. The van der Waals surface area contributed by atoms with Gasteiger partial charge in [-0.25, -0.2) is 15.0 Å². The Hall–Kier alpha value is -3.13. The van der Waals surface area contributed by atoms with Gasteiger partial charge in [0.15, 0.2) is 0 Å². The number of halogens is 1.